The van der Waals surface area contributed by atoms with Crippen LogP contribution in [0.1, 0.15) is 85.3 Å². The largest absolute Gasteiger partial charge is 2.00 e. The maximum Gasteiger partial charge on any atom is 2.00 e. The van der Waals surface area contributed by atoms with Crippen molar-refractivity contribution in [3.63, 3.8) is 0 Å². The van der Waals surface area contributed by atoms with Gasteiger partial charge in [-0.15, -0.1) is 0 Å². The minimum atomic E-state index is -0.841. The van der Waals surface area contributed by atoms with Gasteiger partial charge in [-0.3, -0.25) is 14.6 Å². The van der Waals surface area contributed by atoms with Crippen molar-refractivity contribution < 1.29 is 27.0 Å². The Morgan fingerprint density at radius 2 is 1.16 bits per heavy atom. The fourth-order valence-electron chi connectivity index (χ4n) is 7.87. The van der Waals surface area contributed by atoms with E-state index in [9.17, 15) is 9.90 Å². The fraction of sp³-hybridized carbons (Fsp3) is 0.458. The van der Waals surface area contributed by atoms with Crippen LogP contribution in [0.25, 0.3) is 0 Å². The van der Waals surface area contributed by atoms with Gasteiger partial charge in [-0.1, -0.05) is 96.0 Å². The van der Waals surface area contributed by atoms with E-state index in [0.717, 1.165) is 69.3 Å². The summed E-state index contributed by atoms with van der Waals surface area (Å²) in [5.74, 6) is 1.60. The van der Waals surface area contributed by atoms with Crippen LogP contribution >= 0.6 is 23.2 Å². The smallest absolute Gasteiger partial charge is 1.00 e. The van der Waals surface area contributed by atoms with E-state index in [2.05, 4.69) is 70.5 Å². The summed E-state index contributed by atoms with van der Waals surface area (Å²) in [5.41, 5.74) is 3.68. The van der Waals surface area contributed by atoms with Crippen LogP contribution < -0.4 is 12.4 Å². The number of nitrogens with zero attached hydrogens (tertiary/aromatic N) is 2. The van der Waals surface area contributed by atoms with Crippen LogP contribution in [0.2, 0.25) is 10.0 Å². The molecular weight excluding hydrogens is 783 g/mol. The van der Waals surface area contributed by atoms with Gasteiger partial charge >= 0.3 is 23.1 Å². The van der Waals surface area contributed by atoms with Crippen LogP contribution in [0.15, 0.2) is 109 Å². The summed E-state index contributed by atoms with van der Waals surface area (Å²) in [6.45, 7) is 9.32. The summed E-state index contributed by atoms with van der Waals surface area (Å²) < 4.78 is 4.94. The average molecular weight is 847 g/mol. The number of hydrogen-bond donors (Lipinski definition) is 1. The van der Waals surface area contributed by atoms with Gasteiger partial charge in [0.2, 0.25) is 0 Å². The molecule has 306 valence electrons. The quantitative estimate of drug-likeness (QED) is 0.0904. The van der Waals surface area contributed by atoms with Gasteiger partial charge in [0.05, 0.1) is 12.1 Å². The summed E-state index contributed by atoms with van der Waals surface area (Å²) in [6.07, 6.45) is 12.2. The zero-order chi connectivity index (χ0) is 38.0. The third kappa shape index (κ3) is 18.9. The second-order valence-electron chi connectivity index (χ2n) is 15.6. The molecule has 3 aliphatic rings. The Balaban J connectivity index is 0.000000334. The molecule has 0 amide bonds. The second kappa shape index (κ2) is 27.7. The van der Waals surface area contributed by atoms with Crippen LogP contribution in [-0.2, 0) is 23.2 Å². The van der Waals surface area contributed by atoms with Gasteiger partial charge in [-0.2, -0.15) is 0 Å². The molecule has 9 heteroatoms. The molecule has 0 aliphatic carbocycles. The molecule has 3 aliphatic heterocycles. The summed E-state index contributed by atoms with van der Waals surface area (Å²) in [5, 5.41) is 12.3. The Kier molecular flexibility index (Phi) is 24.9. The summed E-state index contributed by atoms with van der Waals surface area (Å²) in [4.78, 5) is 17.2. The first-order valence-corrected chi connectivity index (χ1v) is 20.9. The van der Waals surface area contributed by atoms with Crippen molar-refractivity contribution >= 4 is 52.0 Å². The van der Waals surface area contributed by atoms with Gasteiger partial charge < -0.3 is 29.7 Å². The Bertz CT molecular complexity index is 1630. The Labute approximate surface area is 376 Å². The summed E-state index contributed by atoms with van der Waals surface area (Å²) in [7, 11) is 0. The number of ketones is 1. The maximum absolute atomic E-state index is 12.4. The molecule has 4 aromatic rings. The maximum atomic E-state index is 12.4. The number of ether oxygens (including phenoxy) is 1. The van der Waals surface area contributed by atoms with E-state index in [1.807, 2.05) is 43.3 Å². The molecule has 1 unspecified atom stereocenters. The third-order valence-electron chi connectivity index (χ3n) is 10.9. The SMILES string of the molecule is C1CCOC1.CC(O)(CN1CCC[C@H](CCc2ccccc2)C1)c1ccc(Cl)cc1.O=C(CN1CCC[C@H](CCc2ccccc2)C1)c1ccc(Cl)cc1.[CH3-].[Cl-].[Mg+2]. The van der Waals surface area contributed by atoms with E-state index in [4.69, 9.17) is 27.9 Å². The van der Waals surface area contributed by atoms with Gasteiger partial charge in [0.25, 0.3) is 0 Å². The van der Waals surface area contributed by atoms with Crippen molar-refractivity contribution in [2.75, 3.05) is 52.5 Å². The Morgan fingerprint density at radius 1 is 0.702 bits per heavy atom. The standard InChI is InChI=1S/C22H28ClNO.C21H24ClNO.C4H8O.CH3.ClH.Mg/c1-22(25,20-11-13-21(23)14-12-20)17-24-15-5-8-19(16-24)10-9-18-6-3-2-4-7-18;22-20-12-10-19(11-13-20)21(24)16-23-14-4-7-18(15-23)9-8-17-5-2-1-3-6-17;1-2-4-5-3-1;;;/h2-4,6-7,11-14,19,25H,5,8-10,15-17H2,1H3;1-3,5-6,10-13,18H,4,7-9,14-16H2;1-4H2;1H3;1H;/q;;;-1;;+2/p-1/t19-,22?;18-;;;;/m11..../s1. The van der Waals surface area contributed by atoms with Crippen molar-refractivity contribution in [1.82, 2.24) is 9.80 Å². The monoisotopic (exact) mass is 844 g/mol. The number of β-amino-alcohol motifs (C(OH)–C–C–N with tert-alkyl or cyclic N) is 1. The molecule has 0 aromatic heterocycles. The molecule has 1 N–H and O–H groups in total. The third-order valence-corrected chi connectivity index (χ3v) is 11.4. The molecule has 5 nitrogen and oxygen atoms in total. The molecule has 57 heavy (non-hydrogen) atoms. The Morgan fingerprint density at radius 3 is 1.63 bits per heavy atom. The minimum Gasteiger partial charge on any atom is -1.00 e. The molecule has 3 heterocycles. The Hall–Kier alpha value is -1.97. The molecular formula is C48H63Cl3MgN2O3. The molecule has 0 radical (unpaired) electrons. The molecule has 3 saturated heterocycles. The van der Waals surface area contributed by atoms with E-state index in [0.29, 0.717) is 29.1 Å². The van der Waals surface area contributed by atoms with Gasteiger partial charge in [0, 0.05) is 48.5 Å². The fourth-order valence-corrected chi connectivity index (χ4v) is 8.12. The first-order valence-electron chi connectivity index (χ1n) is 20.1. The molecule has 7 rings (SSSR count). The topological polar surface area (TPSA) is 53.0 Å². The van der Waals surface area contributed by atoms with E-state index in [1.165, 1.54) is 62.5 Å². The number of aliphatic hydroxyl groups is 1. The van der Waals surface area contributed by atoms with Crippen LogP contribution in [0.4, 0.5) is 0 Å². The summed E-state index contributed by atoms with van der Waals surface area (Å²) >= 11 is 11.9. The normalized spacial score (nSPS) is 19.1. The van der Waals surface area contributed by atoms with E-state index in [-0.39, 0.29) is 48.7 Å². The predicted octanol–water partition coefficient (Wildman–Crippen LogP) is 7.63. The van der Waals surface area contributed by atoms with Crippen molar-refractivity contribution in [3.05, 3.63) is 149 Å². The first-order chi connectivity index (χ1) is 26.2. The van der Waals surface area contributed by atoms with Gasteiger partial charge in [0.15, 0.2) is 5.78 Å². The van der Waals surface area contributed by atoms with E-state index in [1.54, 1.807) is 12.1 Å². The van der Waals surface area contributed by atoms with Crippen LogP contribution in [0.3, 0.4) is 0 Å². The zero-order valence-electron chi connectivity index (χ0n) is 34.3. The number of piperidine rings is 2. The number of benzene rings is 4. The van der Waals surface area contributed by atoms with Gasteiger partial charge in [-0.05, 0) is 149 Å². The molecule has 0 bridgehead atoms. The van der Waals surface area contributed by atoms with Crippen molar-refractivity contribution in [3.8, 4) is 0 Å². The molecule has 0 saturated carbocycles. The number of likely N-dealkylation sites (tertiary alicyclic amines) is 2. The van der Waals surface area contributed by atoms with Gasteiger partial charge in [0.1, 0.15) is 0 Å². The molecule has 0 spiro atoms. The molecule has 3 fully saturated rings. The zero-order valence-corrected chi connectivity index (χ0v) is 38.0. The molecule has 4 aromatic carbocycles. The van der Waals surface area contributed by atoms with E-state index < -0.39 is 5.60 Å². The number of Topliss-reactive ketones (excluding diaryl/α,β-unsaturated/α-hetero) is 1. The van der Waals surface area contributed by atoms with Crippen molar-refractivity contribution in [2.45, 2.75) is 76.7 Å². The second-order valence-corrected chi connectivity index (χ2v) is 16.4. The minimum absolute atomic E-state index is 0. The predicted molar refractivity (Wildman–Crippen MR) is 237 cm³/mol. The number of halogens is 3. The first kappa shape index (κ1) is 51.2. The van der Waals surface area contributed by atoms with Crippen molar-refractivity contribution in [2.24, 2.45) is 11.8 Å². The van der Waals surface area contributed by atoms with Crippen LogP contribution in [-0.4, -0.2) is 96.2 Å². The van der Waals surface area contributed by atoms with Gasteiger partial charge in [-0.25, -0.2) is 0 Å². The average Bonchev–Trinajstić information content (AvgIpc) is 3.79. The van der Waals surface area contributed by atoms with E-state index >= 15 is 0 Å². The van der Waals surface area contributed by atoms with Crippen LogP contribution in [0, 0.1) is 19.3 Å². The number of aryl methyl sites for hydroxylation is 2. The van der Waals surface area contributed by atoms with Crippen LogP contribution in [0.5, 0.6) is 0 Å². The molecule has 3 atom stereocenters. The number of carbonyl (C=O) groups is 1. The number of carbonyl (C=O) groups excluding carboxylic acids is 1. The summed E-state index contributed by atoms with van der Waals surface area (Å²) in [6, 6.07) is 36.2. The van der Waals surface area contributed by atoms with Crippen molar-refractivity contribution in [1.29, 1.82) is 0 Å². The number of rotatable bonds is 12. The number of hydrogen-bond acceptors (Lipinski definition) is 5.